The van der Waals surface area contributed by atoms with Gasteiger partial charge in [-0.25, -0.2) is 16.8 Å². The first-order chi connectivity index (χ1) is 7.66. The van der Waals surface area contributed by atoms with Gasteiger partial charge in [-0.15, -0.1) is 0 Å². The lowest BCUT2D eigenvalue weighted by Crippen LogP contribution is -2.01. The van der Waals surface area contributed by atoms with Gasteiger partial charge in [0.05, 0.1) is 9.79 Å². The molecule has 0 aliphatic carbocycles. The second kappa shape index (κ2) is 5.14. The summed E-state index contributed by atoms with van der Waals surface area (Å²) >= 11 is 0. The first-order valence-corrected chi connectivity index (χ1v) is 9.30. The van der Waals surface area contributed by atoms with Crippen molar-refractivity contribution in [2.45, 2.75) is 29.6 Å². The Bertz CT molecular complexity index is 620. The third-order valence-corrected chi connectivity index (χ3v) is 4.86. The highest BCUT2D eigenvalue weighted by Gasteiger charge is 2.19. The largest absolute Gasteiger partial charge is 0.261 e. The highest BCUT2D eigenvalue weighted by Crippen LogP contribution is 2.26. The Labute approximate surface area is 109 Å². The molecule has 0 fully saturated rings. The average molecular weight is 317 g/mol. The molecule has 1 aromatic rings. The van der Waals surface area contributed by atoms with Crippen LogP contribution >= 0.6 is 21.4 Å². The smallest absolute Gasteiger partial charge is 0.207 e. The summed E-state index contributed by atoms with van der Waals surface area (Å²) in [5.41, 5.74) is 0.478. The summed E-state index contributed by atoms with van der Waals surface area (Å²) in [4.78, 5) is -0.485. The molecule has 96 valence electrons. The second-order valence-electron chi connectivity index (χ2n) is 3.40. The molecule has 0 saturated heterocycles. The van der Waals surface area contributed by atoms with Gasteiger partial charge in [0.2, 0.25) is 0 Å². The fraction of sp³-hybridized carbons (Fsp3) is 0.333. The van der Waals surface area contributed by atoms with Gasteiger partial charge in [0.15, 0.2) is 0 Å². The molecule has 0 bridgehead atoms. The first-order valence-electron chi connectivity index (χ1n) is 4.68. The minimum absolute atomic E-state index is 0.206. The maximum absolute atomic E-state index is 11.3. The van der Waals surface area contributed by atoms with Crippen LogP contribution in [0.2, 0.25) is 0 Å². The van der Waals surface area contributed by atoms with E-state index in [2.05, 4.69) is 0 Å². The van der Waals surface area contributed by atoms with Crippen molar-refractivity contribution in [3.05, 3.63) is 23.8 Å². The van der Waals surface area contributed by atoms with Crippen molar-refractivity contribution < 1.29 is 16.8 Å². The number of hydrogen-bond donors (Lipinski definition) is 0. The zero-order valence-electron chi connectivity index (χ0n) is 8.85. The molecule has 1 aromatic carbocycles. The molecule has 0 heterocycles. The fourth-order valence-corrected chi connectivity index (χ4v) is 3.42. The fourth-order valence-electron chi connectivity index (χ4n) is 1.39. The van der Waals surface area contributed by atoms with E-state index < -0.39 is 18.1 Å². The summed E-state index contributed by atoms with van der Waals surface area (Å²) in [6.45, 7) is 1.87. The van der Waals surface area contributed by atoms with Gasteiger partial charge in [0.1, 0.15) is 0 Å². The van der Waals surface area contributed by atoms with E-state index in [9.17, 15) is 16.8 Å². The van der Waals surface area contributed by atoms with Gasteiger partial charge in [0, 0.05) is 21.4 Å². The topological polar surface area (TPSA) is 68.3 Å². The summed E-state index contributed by atoms with van der Waals surface area (Å²) < 4.78 is 44.9. The van der Waals surface area contributed by atoms with Gasteiger partial charge in [-0.1, -0.05) is 19.4 Å². The molecule has 0 unspecified atom stereocenters. The zero-order chi connectivity index (χ0) is 13.3. The molecule has 0 spiro atoms. The maximum Gasteiger partial charge on any atom is 0.261 e. The van der Waals surface area contributed by atoms with Crippen molar-refractivity contribution in [3.8, 4) is 0 Å². The van der Waals surface area contributed by atoms with Crippen LogP contribution in [0.5, 0.6) is 0 Å². The van der Waals surface area contributed by atoms with E-state index in [1.165, 1.54) is 12.1 Å². The molecule has 4 nitrogen and oxygen atoms in total. The Kier molecular flexibility index (Phi) is 4.46. The van der Waals surface area contributed by atoms with Crippen molar-refractivity contribution in [2.75, 3.05) is 0 Å². The zero-order valence-corrected chi connectivity index (χ0v) is 12.0. The van der Waals surface area contributed by atoms with Gasteiger partial charge in [-0.2, -0.15) is 0 Å². The molecule has 17 heavy (non-hydrogen) atoms. The van der Waals surface area contributed by atoms with E-state index in [0.717, 1.165) is 6.07 Å². The lowest BCUT2D eigenvalue weighted by Gasteiger charge is -2.07. The van der Waals surface area contributed by atoms with E-state index in [4.69, 9.17) is 21.4 Å². The van der Waals surface area contributed by atoms with E-state index in [0.29, 0.717) is 18.4 Å². The quantitative estimate of drug-likeness (QED) is 0.800. The predicted molar refractivity (Wildman–Crippen MR) is 66.5 cm³/mol. The normalized spacial score (nSPS) is 12.6. The summed E-state index contributed by atoms with van der Waals surface area (Å²) in [5, 5.41) is 0. The Hall–Kier alpha value is -0.300. The van der Waals surface area contributed by atoms with Crippen LogP contribution < -0.4 is 0 Å². The Morgan fingerprint density at radius 1 is 1.06 bits per heavy atom. The second-order valence-corrected chi connectivity index (χ2v) is 8.50. The lowest BCUT2D eigenvalue weighted by molar-refractivity contribution is 0.606. The molecule has 8 heteroatoms. The van der Waals surface area contributed by atoms with Crippen molar-refractivity contribution >= 4 is 39.5 Å². The Morgan fingerprint density at radius 3 is 2.06 bits per heavy atom. The standard InChI is InChI=1S/C9H10Cl2O4S2/c1-2-3-7-4-5-8(16(10,12)13)6-9(7)17(11,14)15/h4-6H,2-3H2,1H3. The molecule has 0 saturated carbocycles. The van der Waals surface area contributed by atoms with Crippen LogP contribution in [0, 0.1) is 0 Å². The predicted octanol–water partition coefficient (Wildman–Crippen LogP) is 2.49. The third-order valence-electron chi connectivity index (χ3n) is 2.10. The number of benzene rings is 1. The van der Waals surface area contributed by atoms with Gasteiger partial charge in [0.25, 0.3) is 18.1 Å². The molecule has 0 radical (unpaired) electrons. The van der Waals surface area contributed by atoms with Gasteiger partial charge in [-0.3, -0.25) is 0 Å². The van der Waals surface area contributed by atoms with E-state index in [1.54, 1.807) is 0 Å². The van der Waals surface area contributed by atoms with Crippen molar-refractivity contribution in [3.63, 3.8) is 0 Å². The monoisotopic (exact) mass is 316 g/mol. The summed E-state index contributed by atoms with van der Waals surface area (Å²) in [7, 11) is 2.44. The number of rotatable bonds is 4. The van der Waals surface area contributed by atoms with Crippen molar-refractivity contribution in [1.82, 2.24) is 0 Å². The highest BCUT2D eigenvalue weighted by molar-refractivity contribution is 8.14. The van der Waals surface area contributed by atoms with Crippen LogP contribution in [-0.2, 0) is 24.5 Å². The lowest BCUT2D eigenvalue weighted by atomic mass is 10.1. The first kappa shape index (κ1) is 14.8. The van der Waals surface area contributed by atoms with Gasteiger partial charge in [-0.05, 0) is 24.1 Å². The minimum Gasteiger partial charge on any atom is -0.207 e. The number of aryl methyl sites for hydroxylation is 1. The average Bonchev–Trinajstić information content (AvgIpc) is 2.15. The van der Waals surface area contributed by atoms with Crippen LogP contribution in [0.25, 0.3) is 0 Å². The SMILES string of the molecule is CCCc1ccc(S(=O)(=O)Cl)cc1S(=O)(=O)Cl. The van der Waals surface area contributed by atoms with E-state index in [1.807, 2.05) is 6.92 Å². The van der Waals surface area contributed by atoms with Crippen LogP contribution in [0.4, 0.5) is 0 Å². The van der Waals surface area contributed by atoms with Crippen molar-refractivity contribution in [1.29, 1.82) is 0 Å². The highest BCUT2D eigenvalue weighted by atomic mass is 35.7. The molecule has 0 atom stereocenters. The maximum atomic E-state index is 11.3. The van der Waals surface area contributed by atoms with Gasteiger partial charge < -0.3 is 0 Å². The Balaban J connectivity index is 3.51. The van der Waals surface area contributed by atoms with E-state index in [-0.39, 0.29) is 9.79 Å². The molecule has 0 amide bonds. The Morgan fingerprint density at radius 2 is 1.65 bits per heavy atom. The minimum atomic E-state index is -3.99. The van der Waals surface area contributed by atoms with E-state index >= 15 is 0 Å². The molecule has 0 N–H and O–H groups in total. The number of hydrogen-bond acceptors (Lipinski definition) is 4. The molecule has 0 aliphatic rings. The third kappa shape index (κ3) is 3.84. The molecular formula is C9H10Cl2O4S2. The van der Waals surface area contributed by atoms with Crippen molar-refractivity contribution in [2.24, 2.45) is 0 Å². The summed E-state index contributed by atoms with van der Waals surface area (Å²) in [6.07, 6.45) is 1.20. The molecule has 1 rings (SSSR count). The van der Waals surface area contributed by atoms with Crippen LogP contribution in [0.1, 0.15) is 18.9 Å². The van der Waals surface area contributed by atoms with Crippen LogP contribution in [-0.4, -0.2) is 16.8 Å². The molecule has 0 aromatic heterocycles. The number of halogens is 2. The summed E-state index contributed by atoms with van der Waals surface area (Å²) in [5.74, 6) is 0. The summed E-state index contributed by atoms with van der Waals surface area (Å²) in [6, 6.07) is 3.66. The van der Waals surface area contributed by atoms with Gasteiger partial charge >= 0.3 is 0 Å². The molecule has 0 aliphatic heterocycles. The van der Waals surface area contributed by atoms with Crippen LogP contribution in [0.3, 0.4) is 0 Å². The molecular weight excluding hydrogens is 307 g/mol. The van der Waals surface area contributed by atoms with Crippen LogP contribution in [0.15, 0.2) is 28.0 Å².